The molecule has 1 aromatic rings. The zero-order chi connectivity index (χ0) is 10.6. The van der Waals surface area contributed by atoms with Crippen molar-refractivity contribution < 1.29 is 9.21 Å². The molecule has 2 rings (SSSR count). The highest BCUT2D eigenvalue weighted by Gasteiger charge is 2.32. The van der Waals surface area contributed by atoms with Crippen LogP contribution in [0.5, 0.6) is 0 Å². The van der Waals surface area contributed by atoms with Crippen LogP contribution in [0.15, 0.2) is 28.0 Å². The molecule has 0 saturated heterocycles. The summed E-state index contributed by atoms with van der Waals surface area (Å²) < 4.78 is 5.04. The van der Waals surface area contributed by atoms with E-state index in [1.807, 2.05) is 6.07 Å². The maximum absolute atomic E-state index is 10.5. The lowest BCUT2D eigenvalue weighted by atomic mass is 9.78. The molecule has 15 heavy (non-hydrogen) atoms. The third-order valence-corrected chi connectivity index (χ3v) is 3.18. The first-order valence-electron chi connectivity index (χ1n) is 5.45. The molecule has 0 radical (unpaired) electrons. The Bertz CT molecular complexity index is 344. The average Bonchev–Trinajstić information content (AvgIpc) is 2.72. The summed E-state index contributed by atoms with van der Waals surface area (Å²) in [5.74, 6) is 0. The Balaban J connectivity index is 2.14. The summed E-state index contributed by atoms with van der Waals surface area (Å²) in [6, 6.07) is 1.94. The summed E-state index contributed by atoms with van der Waals surface area (Å²) >= 11 is 0. The highest BCUT2D eigenvalue weighted by atomic mass is 16.3. The molecule has 1 aliphatic carbocycles. The van der Waals surface area contributed by atoms with E-state index in [2.05, 4.69) is 4.99 Å². The third kappa shape index (κ3) is 2.37. The fraction of sp³-hybridized carbons (Fsp3) is 0.583. The molecule has 1 fully saturated rings. The summed E-state index contributed by atoms with van der Waals surface area (Å²) in [6.45, 7) is 0. The number of furan rings is 1. The van der Waals surface area contributed by atoms with Crippen LogP contribution < -0.4 is 0 Å². The van der Waals surface area contributed by atoms with E-state index >= 15 is 0 Å². The fourth-order valence-corrected chi connectivity index (χ4v) is 2.41. The summed E-state index contributed by atoms with van der Waals surface area (Å²) in [5, 5.41) is 0. The summed E-state index contributed by atoms with van der Waals surface area (Å²) in [5.41, 5.74) is 0.917. The quantitative estimate of drug-likeness (QED) is 0.562. The number of hydrogen-bond acceptors (Lipinski definition) is 3. The number of carbonyl (C=O) groups excluding carboxylic acids is 1. The van der Waals surface area contributed by atoms with E-state index in [1.54, 1.807) is 18.6 Å². The van der Waals surface area contributed by atoms with Crippen LogP contribution in [-0.4, -0.2) is 11.6 Å². The molecule has 0 amide bonds. The summed E-state index contributed by atoms with van der Waals surface area (Å²) in [6.07, 6.45) is 11.5. The minimum Gasteiger partial charge on any atom is -0.472 e. The van der Waals surface area contributed by atoms with Crippen molar-refractivity contribution in [2.75, 3.05) is 0 Å². The summed E-state index contributed by atoms with van der Waals surface area (Å²) in [4.78, 5) is 14.5. The van der Waals surface area contributed by atoms with Gasteiger partial charge in [0.2, 0.25) is 6.08 Å². The molecule has 3 heteroatoms. The SMILES string of the molecule is O=C=NC1(Cc2ccoc2)CCCCC1. The van der Waals surface area contributed by atoms with Crippen LogP contribution in [0.1, 0.15) is 37.7 Å². The Hall–Kier alpha value is -1.34. The average molecular weight is 205 g/mol. The van der Waals surface area contributed by atoms with Crippen molar-refractivity contribution in [3.8, 4) is 0 Å². The molecule has 0 aromatic carbocycles. The van der Waals surface area contributed by atoms with Gasteiger partial charge in [-0.3, -0.25) is 0 Å². The fourth-order valence-electron chi connectivity index (χ4n) is 2.41. The van der Waals surface area contributed by atoms with Crippen molar-refractivity contribution in [1.82, 2.24) is 0 Å². The monoisotopic (exact) mass is 205 g/mol. The van der Waals surface area contributed by atoms with Gasteiger partial charge in [-0.25, -0.2) is 4.79 Å². The number of nitrogens with zero attached hydrogens (tertiary/aromatic N) is 1. The minimum atomic E-state index is -0.204. The van der Waals surface area contributed by atoms with E-state index in [9.17, 15) is 4.79 Å². The van der Waals surface area contributed by atoms with Crippen LogP contribution in [0.25, 0.3) is 0 Å². The molecule has 0 spiro atoms. The molecule has 1 aliphatic rings. The minimum absolute atomic E-state index is 0.204. The molecule has 1 aromatic heterocycles. The van der Waals surface area contributed by atoms with E-state index in [4.69, 9.17) is 4.42 Å². The maximum Gasteiger partial charge on any atom is 0.235 e. The van der Waals surface area contributed by atoms with E-state index < -0.39 is 0 Å². The molecule has 80 valence electrons. The Morgan fingerprint density at radius 3 is 2.80 bits per heavy atom. The van der Waals surface area contributed by atoms with Gasteiger partial charge in [0.1, 0.15) is 0 Å². The molecule has 3 nitrogen and oxygen atoms in total. The van der Waals surface area contributed by atoms with Gasteiger partial charge >= 0.3 is 0 Å². The standard InChI is InChI=1S/C12H15NO2/c14-10-13-12(5-2-1-3-6-12)8-11-4-7-15-9-11/h4,7,9H,1-3,5-6,8H2. The van der Waals surface area contributed by atoms with Crippen LogP contribution in [0, 0.1) is 0 Å². The molecule has 0 atom stereocenters. The lowest BCUT2D eigenvalue weighted by molar-refractivity contribution is 0.295. The Morgan fingerprint density at radius 1 is 1.40 bits per heavy atom. The largest absolute Gasteiger partial charge is 0.472 e. The van der Waals surface area contributed by atoms with Gasteiger partial charge in [-0.2, -0.15) is 4.99 Å². The van der Waals surface area contributed by atoms with Gasteiger partial charge in [0.15, 0.2) is 0 Å². The second-order valence-corrected chi connectivity index (χ2v) is 4.30. The van der Waals surface area contributed by atoms with Crippen LogP contribution in [0.2, 0.25) is 0 Å². The van der Waals surface area contributed by atoms with Crippen LogP contribution >= 0.6 is 0 Å². The molecular formula is C12H15NO2. The molecular weight excluding hydrogens is 190 g/mol. The van der Waals surface area contributed by atoms with Crippen molar-refractivity contribution >= 4 is 6.08 Å². The third-order valence-electron chi connectivity index (χ3n) is 3.18. The van der Waals surface area contributed by atoms with Gasteiger partial charge in [-0.05, 0) is 24.5 Å². The van der Waals surface area contributed by atoms with Crippen molar-refractivity contribution in [3.05, 3.63) is 24.2 Å². The number of rotatable bonds is 3. The Labute approximate surface area is 89.2 Å². The molecule has 1 saturated carbocycles. The number of aliphatic imine (C=N–C) groups is 1. The number of hydrogen-bond donors (Lipinski definition) is 0. The Kier molecular flexibility index (Phi) is 3.02. The number of isocyanates is 1. The van der Waals surface area contributed by atoms with E-state index in [1.165, 1.54) is 6.42 Å². The van der Waals surface area contributed by atoms with Gasteiger partial charge in [-0.15, -0.1) is 0 Å². The topological polar surface area (TPSA) is 42.6 Å². The smallest absolute Gasteiger partial charge is 0.235 e. The first-order valence-corrected chi connectivity index (χ1v) is 5.45. The van der Waals surface area contributed by atoms with Gasteiger partial charge in [0.05, 0.1) is 18.1 Å². The van der Waals surface area contributed by atoms with Gasteiger partial charge in [-0.1, -0.05) is 19.3 Å². The normalized spacial score (nSPS) is 19.5. The lowest BCUT2D eigenvalue weighted by Gasteiger charge is -2.31. The van der Waals surface area contributed by atoms with Crippen molar-refractivity contribution in [2.45, 2.75) is 44.1 Å². The molecule has 0 aliphatic heterocycles. The zero-order valence-electron chi connectivity index (χ0n) is 8.74. The van der Waals surface area contributed by atoms with Gasteiger partial charge < -0.3 is 4.42 Å². The van der Waals surface area contributed by atoms with E-state index in [0.29, 0.717) is 0 Å². The second kappa shape index (κ2) is 4.45. The maximum atomic E-state index is 10.5. The van der Waals surface area contributed by atoms with E-state index in [-0.39, 0.29) is 5.54 Å². The first-order chi connectivity index (χ1) is 7.35. The lowest BCUT2D eigenvalue weighted by Crippen LogP contribution is -2.31. The highest BCUT2D eigenvalue weighted by molar-refractivity contribution is 5.35. The van der Waals surface area contributed by atoms with Crippen molar-refractivity contribution in [2.24, 2.45) is 4.99 Å². The summed E-state index contributed by atoms with van der Waals surface area (Å²) in [7, 11) is 0. The van der Waals surface area contributed by atoms with Crippen LogP contribution in [0.4, 0.5) is 0 Å². The molecule has 0 N–H and O–H groups in total. The predicted octanol–water partition coefficient (Wildman–Crippen LogP) is 2.86. The zero-order valence-corrected chi connectivity index (χ0v) is 8.74. The predicted molar refractivity (Wildman–Crippen MR) is 56.3 cm³/mol. The second-order valence-electron chi connectivity index (χ2n) is 4.30. The first kappa shape index (κ1) is 10.2. The highest BCUT2D eigenvalue weighted by Crippen LogP contribution is 2.34. The van der Waals surface area contributed by atoms with Gasteiger partial charge in [0, 0.05) is 6.42 Å². The van der Waals surface area contributed by atoms with Crippen molar-refractivity contribution in [1.29, 1.82) is 0 Å². The molecule has 1 heterocycles. The molecule has 0 bridgehead atoms. The Morgan fingerprint density at radius 2 is 2.20 bits per heavy atom. The van der Waals surface area contributed by atoms with Gasteiger partial charge in [0.25, 0.3) is 0 Å². The van der Waals surface area contributed by atoms with Crippen LogP contribution in [-0.2, 0) is 11.2 Å². The van der Waals surface area contributed by atoms with E-state index in [0.717, 1.165) is 37.7 Å². The molecule has 0 unspecified atom stereocenters. The van der Waals surface area contributed by atoms with Crippen LogP contribution in [0.3, 0.4) is 0 Å². The van der Waals surface area contributed by atoms with Crippen molar-refractivity contribution in [3.63, 3.8) is 0 Å².